The summed E-state index contributed by atoms with van der Waals surface area (Å²) < 4.78 is 1.87. The van der Waals surface area contributed by atoms with Gasteiger partial charge in [-0.05, 0) is 26.2 Å². The highest BCUT2D eigenvalue weighted by Gasteiger charge is 2.03. The van der Waals surface area contributed by atoms with E-state index in [1.807, 2.05) is 36.8 Å². The molecule has 0 aromatic carbocycles. The molecule has 4 heteroatoms. The number of hydrogen-bond donors (Lipinski definition) is 0. The molecule has 0 saturated heterocycles. The minimum Gasteiger partial charge on any atom is -0.234 e. The summed E-state index contributed by atoms with van der Waals surface area (Å²) >= 11 is 1.64. The summed E-state index contributed by atoms with van der Waals surface area (Å²) in [5, 5.41) is 5.40. The van der Waals surface area contributed by atoms with E-state index in [2.05, 4.69) is 10.1 Å². The number of aryl methyl sites for hydroxylation is 2. The molecule has 0 bridgehead atoms. The normalized spacial score (nSPS) is 11.0. The lowest BCUT2D eigenvalue weighted by Gasteiger charge is -1.98. The zero-order valence-corrected chi connectivity index (χ0v) is 8.72. The molecule has 0 amide bonds. The van der Waals surface area contributed by atoms with E-state index in [-0.39, 0.29) is 0 Å². The van der Waals surface area contributed by atoms with E-state index < -0.39 is 0 Å². The number of nitrogens with zero attached hydrogens (tertiary/aromatic N) is 3. The molecule has 2 heterocycles. The third-order valence-corrected chi connectivity index (χ3v) is 2.54. The fraction of sp³-hybridized carbons (Fsp3) is 0.333. The average Bonchev–Trinajstić information content (AvgIpc) is 2.47. The monoisotopic (exact) mass is 193 g/mol. The predicted molar refractivity (Wildman–Crippen MR) is 54.2 cm³/mol. The van der Waals surface area contributed by atoms with Crippen molar-refractivity contribution in [2.45, 2.75) is 18.9 Å². The Hall–Kier alpha value is -1.03. The van der Waals surface area contributed by atoms with Gasteiger partial charge in [0.1, 0.15) is 5.03 Å². The maximum atomic E-state index is 4.39. The largest absolute Gasteiger partial charge is 0.234 e. The van der Waals surface area contributed by atoms with Crippen LogP contribution in [0.25, 0.3) is 5.65 Å². The molecule has 0 aliphatic rings. The third kappa shape index (κ3) is 1.42. The van der Waals surface area contributed by atoms with Gasteiger partial charge < -0.3 is 0 Å². The van der Waals surface area contributed by atoms with Gasteiger partial charge in [-0.25, -0.2) is 9.50 Å². The summed E-state index contributed by atoms with van der Waals surface area (Å²) in [7, 11) is 0. The molecule has 0 spiro atoms. The van der Waals surface area contributed by atoms with Gasteiger partial charge in [0, 0.05) is 17.5 Å². The van der Waals surface area contributed by atoms with Gasteiger partial charge in [0.25, 0.3) is 0 Å². The first kappa shape index (κ1) is 8.56. The lowest BCUT2D eigenvalue weighted by molar-refractivity contribution is 0.848. The lowest BCUT2D eigenvalue weighted by atomic mass is 10.3. The average molecular weight is 193 g/mol. The lowest BCUT2D eigenvalue weighted by Crippen LogP contribution is -1.96. The number of rotatable bonds is 1. The number of aromatic nitrogens is 3. The molecule has 0 unspecified atom stereocenters. The first-order chi connectivity index (χ1) is 6.20. The van der Waals surface area contributed by atoms with Gasteiger partial charge in [0.2, 0.25) is 0 Å². The molecule has 0 aliphatic heterocycles. The van der Waals surface area contributed by atoms with Crippen LogP contribution in [0.4, 0.5) is 0 Å². The van der Waals surface area contributed by atoms with Crippen LogP contribution in [0.1, 0.15) is 11.4 Å². The Morgan fingerprint density at radius 2 is 2.08 bits per heavy atom. The van der Waals surface area contributed by atoms with Crippen LogP contribution in [-0.2, 0) is 0 Å². The minimum atomic E-state index is 0.932. The predicted octanol–water partition coefficient (Wildman–Crippen LogP) is 2.07. The van der Waals surface area contributed by atoms with Gasteiger partial charge in [-0.2, -0.15) is 5.10 Å². The first-order valence-corrected chi connectivity index (χ1v) is 5.31. The van der Waals surface area contributed by atoms with E-state index in [0.717, 1.165) is 22.1 Å². The van der Waals surface area contributed by atoms with Crippen molar-refractivity contribution in [2.75, 3.05) is 6.26 Å². The molecule has 2 rings (SSSR count). The van der Waals surface area contributed by atoms with E-state index in [0.29, 0.717) is 0 Å². The summed E-state index contributed by atoms with van der Waals surface area (Å²) in [6.45, 7) is 4.04. The van der Waals surface area contributed by atoms with Crippen molar-refractivity contribution in [1.82, 2.24) is 14.6 Å². The number of thioether (sulfide) groups is 1. The highest BCUT2D eigenvalue weighted by Crippen LogP contribution is 2.15. The van der Waals surface area contributed by atoms with Crippen molar-refractivity contribution in [3.8, 4) is 0 Å². The quantitative estimate of drug-likeness (QED) is 0.649. The maximum absolute atomic E-state index is 4.39. The van der Waals surface area contributed by atoms with Gasteiger partial charge in [-0.3, -0.25) is 0 Å². The Morgan fingerprint density at radius 1 is 1.31 bits per heavy atom. The Bertz CT molecular complexity index is 447. The first-order valence-electron chi connectivity index (χ1n) is 4.09. The molecule has 13 heavy (non-hydrogen) atoms. The van der Waals surface area contributed by atoms with Crippen LogP contribution in [0, 0.1) is 13.8 Å². The van der Waals surface area contributed by atoms with Crippen LogP contribution >= 0.6 is 11.8 Å². The second-order valence-electron chi connectivity index (χ2n) is 3.00. The molecule has 0 saturated carbocycles. The molecule has 2 aromatic heterocycles. The zero-order valence-electron chi connectivity index (χ0n) is 7.90. The second-order valence-corrected chi connectivity index (χ2v) is 3.82. The molecule has 68 valence electrons. The van der Waals surface area contributed by atoms with Crippen molar-refractivity contribution in [2.24, 2.45) is 0 Å². The third-order valence-electron chi connectivity index (χ3n) is 1.92. The molecule has 2 aromatic rings. The Labute approximate surface area is 81.2 Å². The van der Waals surface area contributed by atoms with Crippen molar-refractivity contribution >= 4 is 17.4 Å². The maximum Gasteiger partial charge on any atom is 0.156 e. The van der Waals surface area contributed by atoms with Crippen LogP contribution < -0.4 is 0 Å². The summed E-state index contributed by atoms with van der Waals surface area (Å²) in [5.41, 5.74) is 3.10. The van der Waals surface area contributed by atoms with E-state index in [1.165, 1.54) is 0 Å². The van der Waals surface area contributed by atoms with Crippen molar-refractivity contribution in [1.29, 1.82) is 0 Å². The molecule has 0 aliphatic carbocycles. The van der Waals surface area contributed by atoms with Crippen molar-refractivity contribution in [3.05, 3.63) is 23.5 Å². The SMILES string of the molecule is CSc1cc2nc(C)cc(C)n2n1. The summed E-state index contributed by atoms with van der Waals surface area (Å²) in [5.74, 6) is 0. The van der Waals surface area contributed by atoms with Crippen LogP contribution in [0.15, 0.2) is 17.2 Å². The van der Waals surface area contributed by atoms with Crippen LogP contribution in [0.3, 0.4) is 0 Å². The Balaban J connectivity index is 2.75. The van der Waals surface area contributed by atoms with Gasteiger partial charge in [0.15, 0.2) is 5.65 Å². The second kappa shape index (κ2) is 3.03. The van der Waals surface area contributed by atoms with E-state index in [9.17, 15) is 0 Å². The molecule has 3 nitrogen and oxygen atoms in total. The van der Waals surface area contributed by atoms with Crippen molar-refractivity contribution < 1.29 is 0 Å². The molecule has 0 radical (unpaired) electrons. The topological polar surface area (TPSA) is 30.2 Å². The standard InChI is InChI=1S/C9H11N3S/c1-6-4-7(2)12-8(10-6)5-9(11-12)13-3/h4-5H,1-3H3. The smallest absolute Gasteiger partial charge is 0.156 e. The number of fused-ring (bicyclic) bond motifs is 1. The number of hydrogen-bond acceptors (Lipinski definition) is 3. The van der Waals surface area contributed by atoms with E-state index in [4.69, 9.17) is 0 Å². The molecule has 0 atom stereocenters. The zero-order chi connectivity index (χ0) is 9.42. The summed E-state index contributed by atoms with van der Waals surface area (Å²) in [6, 6.07) is 4.04. The van der Waals surface area contributed by atoms with E-state index >= 15 is 0 Å². The van der Waals surface area contributed by atoms with Crippen molar-refractivity contribution in [3.63, 3.8) is 0 Å². The van der Waals surface area contributed by atoms with Gasteiger partial charge >= 0.3 is 0 Å². The molecular formula is C9H11N3S. The van der Waals surface area contributed by atoms with E-state index in [1.54, 1.807) is 11.8 Å². The Kier molecular flexibility index (Phi) is 2.00. The van der Waals surface area contributed by atoms with Gasteiger partial charge in [0.05, 0.1) is 0 Å². The summed E-state index contributed by atoms with van der Waals surface area (Å²) in [6.07, 6.45) is 2.02. The molecule has 0 N–H and O–H groups in total. The summed E-state index contributed by atoms with van der Waals surface area (Å²) in [4.78, 5) is 4.39. The minimum absolute atomic E-state index is 0.932. The molecular weight excluding hydrogens is 182 g/mol. The van der Waals surface area contributed by atoms with Gasteiger partial charge in [-0.1, -0.05) is 0 Å². The van der Waals surface area contributed by atoms with Crippen LogP contribution in [0.2, 0.25) is 0 Å². The Morgan fingerprint density at radius 3 is 2.77 bits per heavy atom. The highest BCUT2D eigenvalue weighted by atomic mass is 32.2. The van der Waals surface area contributed by atoms with Gasteiger partial charge in [-0.15, -0.1) is 11.8 Å². The van der Waals surface area contributed by atoms with Crippen LogP contribution in [-0.4, -0.2) is 20.9 Å². The fourth-order valence-corrected chi connectivity index (χ4v) is 1.75. The molecule has 0 fully saturated rings. The van der Waals surface area contributed by atoms with Crippen LogP contribution in [0.5, 0.6) is 0 Å². The fourth-order valence-electron chi connectivity index (χ4n) is 1.37. The highest BCUT2D eigenvalue weighted by molar-refractivity contribution is 7.98.